The summed E-state index contributed by atoms with van der Waals surface area (Å²) < 4.78 is 0. The molecule has 0 aromatic rings. The SMILES string of the molecule is CCO.N.[H-].[H-].[Mg+2]. The fraction of sp³-hybridized carbons (Fsp3) is 1.00. The number of rotatable bonds is 0. The molecule has 2 nitrogen and oxygen atoms in total. The molecule has 0 aliphatic heterocycles. The third-order valence-electron chi connectivity index (χ3n) is 0. The van der Waals surface area contributed by atoms with Crippen LogP contribution >= 0.6 is 0 Å². The quantitative estimate of drug-likeness (QED) is 0.411. The Kier molecular flexibility index (Phi) is 77.5. The van der Waals surface area contributed by atoms with Crippen molar-refractivity contribution in [2.45, 2.75) is 6.92 Å². The Morgan fingerprint density at radius 1 is 1.80 bits per heavy atom. The zero-order chi connectivity index (χ0) is 2.71. The average Bonchev–Trinajstić information content (AvgIpc) is 0.918. The molecule has 0 aromatic heterocycles. The molecular formula is C2H11MgNO. The number of hydrogen-bond acceptors (Lipinski definition) is 2. The summed E-state index contributed by atoms with van der Waals surface area (Å²) in [4.78, 5) is 0. The predicted molar refractivity (Wildman–Crippen MR) is 25.8 cm³/mol. The van der Waals surface area contributed by atoms with E-state index in [1.54, 1.807) is 6.92 Å². The van der Waals surface area contributed by atoms with Crippen LogP contribution in [-0.4, -0.2) is 34.8 Å². The minimum Gasteiger partial charge on any atom is -1.00 e. The summed E-state index contributed by atoms with van der Waals surface area (Å²) in [5.74, 6) is 0. The first-order valence-corrected chi connectivity index (χ1v) is 1.02. The summed E-state index contributed by atoms with van der Waals surface area (Å²) in [6.45, 7) is 1.93. The van der Waals surface area contributed by atoms with Crippen molar-refractivity contribution < 1.29 is 7.96 Å². The smallest absolute Gasteiger partial charge is 1.00 e. The van der Waals surface area contributed by atoms with Crippen molar-refractivity contribution in [3.8, 4) is 0 Å². The monoisotopic (exact) mass is 89.1 g/mol. The first-order chi connectivity index (χ1) is 1.41. The van der Waals surface area contributed by atoms with Crippen LogP contribution in [0.15, 0.2) is 0 Å². The van der Waals surface area contributed by atoms with Crippen molar-refractivity contribution in [1.82, 2.24) is 6.15 Å². The number of aliphatic hydroxyl groups excluding tert-OH is 1. The maximum atomic E-state index is 7.57. The fourth-order valence-electron chi connectivity index (χ4n) is 0. The van der Waals surface area contributed by atoms with Crippen LogP contribution in [0.25, 0.3) is 0 Å². The van der Waals surface area contributed by atoms with Crippen molar-refractivity contribution in [2.24, 2.45) is 0 Å². The van der Waals surface area contributed by atoms with E-state index in [4.69, 9.17) is 5.11 Å². The van der Waals surface area contributed by atoms with Crippen LogP contribution < -0.4 is 6.15 Å². The maximum Gasteiger partial charge on any atom is 2.00 e. The van der Waals surface area contributed by atoms with Crippen LogP contribution in [0.3, 0.4) is 0 Å². The van der Waals surface area contributed by atoms with Gasteiger partial charge in [-0.3, -0.25) is 0 Å². The Morgan fingerprint density at radius 2 is 1.80 bits per heavy atom. The molecule has 0 radical (unpaired) electrons. The van der Waals surface area contributed by atoms with E-state index in [0.29, 0.717) is 0 Å². The maximum absolute atomic E-state index is 7.57. The topological polar surface area (TPSA) is 55.2 Å². The van der Waals surface area contributed by atoms with Gasteiger partial charge in [0.15, 0.2) is 0 Å². The second kappa shape index (κ2) is 22.4. The molecule has 0 fully saturated rings. The zero-order valence-electron chi connectivity index (χ0n) is 5.57. The summed E-state index contributed by atoms with van der Waals surface area (Å²) in [7, 11) is 0. The third kappa shape index (κ3) is 71.8. The molecule has 0 aromatic carbocycles. The van der Waals surface area contributed by atoms with Gasteiger partial charge in [-0.15, -0.1) is 0 Å². The third-order valence-corrected chi connectivity index (χ3v) is 0. The molecule has 3 heteroatoms. The van der Waals surface area contributed by atoms with Crippen LogP contribution in [0.5, 0.6) is 0 Å². The molecule has 0 bridgehead atoms. The van der Waals surface area contributed by atoms with Crippen LogP contribution in [-0.2, 0) is 0 Å². The summed E-state index contributed by atoms with van der Waals surface area (Å²) in [5, 5.41) is 7.57. The molecule has 5 heavy (non-hydrogen) atoms. The average molecular weight is 89.4 g/mol. The predicted octanol–water partition coefficient (Wildman–Crippen LogP) is 0.00480. The molecular weight excluding hydrogens is 78.3 g/mol. The zero-order valence-corrected chi connectivity index (χ0v) is 4.98. The summed E-state index contributed by atoms with van der Waals surface area (Å²) in [6.07, 6.45) is 0. The van der Waals surface area contributed by atoms with E-state index in [1.165, 1.54) is 0 Å². The number of hydrogen-bond donors (Lipinski definition) is 2. The minimum absolute atomic E-state index is 0. The number of aliphatic hydroxyl groups is 1. The van der Waals surface area contributed by atoms with Crippen LogP contribution in [0.2, 0.25) is 0 Å². The molecule has 0 amide bonds. The van der Waals surface area contributed by atoms with Crippen LogP contribution in [0.1, 0.15) is 9.78 Å². The summed E-state index contributed by atoms with van der Waals surface area (Å²) in [5.41, 5.74) is 0. The van der Waals surface area contributed by atoms with Gasteiger partial charge in [0, 0.05) is 6.61 Å². The Balaban J connectivity index is -0.00000000333. The van der Waals surface area contributed by atoms with Gasteiger partial charge in [-0.1, -0.05) is 0 Å². The molecule has 0 aliphatic rings. The molecule has 0 saturated carbocycles. The fourth-order valence-corrected chi connectivity index (χ4v) is 0. The van der Waals surface area contributed by atoms with E-state index < -0.39 is 0 Å². The minimum atomic E-state index is 0. The van der Waals surface area contributed by atoms with E-state index in [9.17, 15) is 0 Å². The van der Waals surface area contributed by atoms with Crippen molar-refractivity contribution in [3.05, 3.63) is 0 Å². The largest absolute Gasteiger partial charge is 2.00 e. The van der Waals surface area contributed by atoms with Crippen molar-refractivity contribution >= 4 is 23.1 Å². The van der Waals surface area contributed by atoms with Gasteiger partial charge in [-0.2, -0.15) is 0 Å². The Labute approximate surface area is 51.3 Å². The van der Waals surface area contributed by atoms with Gasteiger partial charge in [0.05, 0.1) is 0 Å². The van der Waals surface area contributed by atoms with E-state index in [2.05, 4.69) is 0 Å². The first-order valence-electron chi connectivity index (χ1n) is 1.02. The Hall–Kier alpha value is 0.686. The van der Waals surface area contributed by atoms with Gasteiger partial charge in [-0.25, -0.2) is 0 Å². The molecule has 32 valence electrons. The standard InChI is InChI=1S/C2H6O.Mg.H3N.2H/c1-2-3;;;;/h3H,2H2,1H3;;1H3;;/q;+2;;2*-1. The van der Waals surface area contributed by atoms with E-state index >= 15 is 0 Å². The van der Waals surface area contributed by atoms with E-state index in [-0.39, 0.29) is 38.7 Å². The van der Waals surface area contributed by atoms with Crippen molar-refractivity contribution in [2.75, 3.05) is 6.61 Å². The van der Waals surface area contributed by atoms with Crippen LogP contribution in [0, 0.1) is 0 Å². The second-order valence-corrected chi connectivity index (χ2v) is 0.316. The van der Waals surface area contributed by atoms with Gasteiger partial charge in [-0.05, 0) is 6.92 Å². The van der Waals surface area contributed by atoms with E-state index in [0.717, 1.165) is 0 Å². The Bertz CT molecular complexity index is 15.7. The molecule has 0 spiro atoms. The normalized spacial score (nSPS) is 3.60. The van der Waals surface area contributed by atoms with Gasteiger partial charge < -0.3 is 14.1 Å². The molecule has 0 heterocycles. The molecule has 4 N–H and O–H groups in total. The van der Waals surface area contributed by atoms with Gasteiger partial charge in [0.1, 0.15) is 0 Å². The Morgan fingerprint density at radius 3 is 1.80 bits per heavy atom. The second-order valence-electron chi connectivity index (χ2n) is 0.316. The molecule has 0 saturated heterocycles. The molecule has 0 atom stereocenters. The first kappa shape index (κ1) is 17.3. The van der Waals surface area contributed by atoms with Crippen molar-refractivity contribution in [3.63, 3.8) is 0 Å². The molecule has 0 rings (SSSR count). The molecule has 0 unspecified atom stereocenters. The summed E-state index contributed by atoms with van der Waals surface area (Å²) in [6, 6.07) is 0. The van der Waals surface area contributed by atoms with Gasteiger partial charge >= 0.3 is 23.1 Å². The van der Waals surface area contributed by atoms with E-state index in [1.807, 2.05) is 0 Å². The molecule has 0 aliphatic carbocycles. The van der Waals surface area contributed by atoms with Gasteiger partial charge in [0.2, 0.25) is 0 Å². The van der Waals surface area contributed by atoms with Gasteiger partial charge in [0.25, 0.3) is 0 Å². The van der Waals surface area contributed by atoms with Crippen LogP contribution in [0.4, 0.5) is 0 Å². The summed E-state index contributed by atoms with van der Waals surface area (Å²) >= 11 is 0. The van der Waals surface area contributed by atoms with Crippen molar-refractivity contribution in [1.29, 1.82) is 0 Å².